The Balaban J connectivity index is 0.00000456. The zero-order chi connectivity index (χ0) is 25.6. The number of fused-ring (bicyclic) bond motifs is 1. The number of nitrogens with zero attached hydrogens (tertiary/aromatic N) is 4. The molecular formula is C25H35ClN4O4S2. The molecule has 1 aromatic heterocycles. The molecule has 0 saturated heterocycles. The van der Waals surface area contributed by atoms with Crippen LogP contribution in [0.25, 0.3) is 10.2 Å². The fraction of sp³-hybridized carbons (Fsp3) is 0.440. The summed E-state index contributed by atoms with van der Waals surface area (Å²) in [6.07, 6.45) is 0.771. The molecule has 1 heterocycles. The van der Waals surface area contributed by atoms with Crippen molar-refractivity contribution in [3.05, 3.63) is 48.0 Å². The fourth-order valence-corrected chi connectivity index (χ4v) is 6.21. The Morgan fingerprint density at radius 3 is 2.25 bits per heavy atom. The van der Waals surface area contributed by atoms with Crippen LogP contribution in [0.2, 0.25) is 0 Å². The van der Waals surface area contributed by atoms with Gasteiger partial charge in [-0.05, 0) is 76.4 Å². The summed E-state index contributed by atoms with van der Waals surface area (Å²) in [5.74, 6) is 0.560. The molecule has 0 N–H and O–H groups in total. The van der Waals surface area contributed by atoms with Crippen LogP contribution >= 0.6 is 23.7 Å². The molecule has 0 fully saturated rings. The maximum atomic E-state index is 13.6. The predicted molar refractivity (Wildman–Crippen MR) is 149 cm³/mol. The van der Waals surface area contributed by atoms with Crippen molar-refractivity contribution in [1.29, 1.82) is 0 Å². The molecule has 0 unspecified atom stereocenters. The van der Waals surface area contributed by atoms with Crippen molar-refractivity contribution >= 4 is 55.0 Å². The number of aromatic nitrogens is 1. The minimum atomic E-state index is -3.59. The van der Waals surface area contributed by atoms with Crippen LogP contribution in [-0.4, -0.2) is 75.4 Å². The molecule has 8 nitrogen and oxygen atoms in total. The van der Waals surface area contributed by atoms with Crippen LogP contribution < -0.4 is 9.64 Å². The van der Waals surface area contributed by atoms with Gasteiger partial charge >= 0.3 is 0 Å². The number of ether oxygens (including phenoxy) is 1. The third kappa shape index (κ3) is 6.95. The molecule has 198 valence electrons. The van der Waals surface area contributed by atoms with Gasteiger partial charge in [0.1, 0.15) is 5.75 Å². The van der Waals surface area contributed by atoms with Crippen molar-refractivity contribution in [2.24, 2.45) is 0 Å². The topological polar surface area (TPSA) is 83.0 Å². The van der Waals surface area contributed by atoms with Gasteiger partial charge in [-0.25, -0.2) is 13.4 Å². The maximum Gasteiger partial charge on any atom is 0.260 e. The van der Waals surface area contributed by atoms with Gasteiger partial charge in [0.25, 0.3) is 5.91 Å². The molecule has 0 aliphatic heterocycles. The monoisotopic (exact) mass is 554 g/mol. The maximum absolute atomic E-state index is 13.6. The molecule has 3 rings (SSSR count). The number of halogens is 1. The summed E-state index contributed by atoms with van der Waals surface area (Å²) >= 11 is 1.44. The van der Waals surface area contributed by atoms with Gasteiger partial charge in [-0.3, -0.25) is 9.69 Å². The van der Waals surface area contributed by atoms with E-state index in [1.807, 2.05) is 39.2 Å². The Kier molecular flexibility index (Phi) is 11.1. The second kappa shape index (κ2) is 13.3. The van der Waals surface area contributed by atoms with Crippen molar-refractivity contribution < 1.29 is 17.9 Å². The van der Waals surface area contributed by atoms with Crippen LogP contribution in [0.5, 0.6) is 5.75 Å². The summed E-state index contributed by atoms with van der Waals surface area (Å²) < 4.78 is 33.6. The van der Waals surface area contributed by atoms with Crippen LogP contribution in [-0.2, 0) is 10.0 Å². The third-order valence-electron chi connectivity index (χ3n) is 5.57. The number of sulfonamides is 1. The quantitative estimate of drug-likeness (QED) is 0.321. The number of anilines is 1. The van der Waals surface area contributed by atoms with E-state index in [0.29, 0.717) is 36.9 Å². The Hall–Kier alpha value is -2.24. The molecule has 0 spiro atoms. The first-order valence-corrected chi connectivity index (χ1v) is 14.1. The number of benzene rings is 2. The smallest absolute Gasteiger partial charge is 0.260 e. The van der Waals surface area contributed by atoms with Crippen LogP contribution in [0.15, 0.2) is 47.4 Å². The Labute approximate surface area is 224 Å². The van der Waals surface area contributed by atoms with Crippen LogP contribution in [0.1, 0.15) is 37.6 Å². The molecule has 2 aromatic carbocycles. The minimum absolute atomic E-state index is 0. The Morgan fingerprint density at radius 1 is 1.00 bits per heavy atom. The third-order valence-corrected chi connectivity index (χ3v) is 8.67. The molecule has 0 aliphatic rings. The molecule has 0 saturated carbocycles. The van der Waals surface area contributed by atoms with Crippen molar-refractivity contribution in [1.82, 2.24) is 14.2 Å². The lowest BCUT2D eigenvalue weighted by Gasteiger charge is -2.22. The highest BCUT2D eigenvalue weighted by Crippen LogP contribution is 2.32. The second-order valence-corrected chi connectivity index (χ2v) is 11.2. The summed E-state index contributed by atoms with van der Waals surface area (Å²) in [7, 11) is 0.403. The number of carbonyl (C=O) groups is 1. The zero-order valence-electron chi connectivity index (χ0n) is 21.4. The number of thiazole rings is 1. The number of carbonyl (C=O) groups excluding carboxylic acids is 1. The summed E-state index contributed by atoms with van der Waals surface area (Å²) in [5, 5.41) is 0.609. The van der Waals surface area contributed by atoms with Gasteiger partial charge in [-0.1, -0.05) is 25.2 Å². The van der Waals surface area contributed by atoms with Gasteiger partial charge in [0.15, 0.2) is 5.13 Å². The van der Waals surface area contributed by atoms with Crippen LogP contribution in [0.4, 0.5) is 5.13 Å². The SMILES string of the molecule is CCOc1ccc2nc(N(CCCN(C)C)C(=O)c3ccc(S(=O)(=O)N(CC)CC)cc3)sc2c1.Cl. The lowest BCUT2D eigenvalue weighted by molar-refractivity contribution is 0.0986. The summed E-state index contributed by atoms with van der Waals surface area (Å²) in [6, 6.07) is 11.9. The molecule has 3 aromatic rings. The minimum Gasteiger partial charge on any atom is -0.494 e. The molecular weight excluding hydrogens is 520 g/mol. The fourth-order valence-electron chi connectivity index (χ4n) is 3.73. The van der Waals surface area contributed by atoms with Crippen molar-refractivity contribution in [2.75, 3.05) is 51.8 Å². The molecule has 36 heavy (non-hydrogen) atoms. The second-order valence-electron chi connectivity index (χ2n) is 8.29. The normalized spacial score (nSPS) is 11.6. The highest BCUT2D eigenvalue weighted by molar-refractivity contribution is 7.89. The molecule has 0 atom stereocenters. The summed E-state index contributed by atoms with van der Waals surface area (Å²) in [4.78, 5) is 22.2. The first-order chi connectivity index (χ1) is 16.7. The van der Waals surface area contributed by atoms with Crippen LogP contribution in [0.3, 0.4) is 0 Å². The van der Waals surface area contributed by atoms with Gasteiger partial charge < -0.3 is 9.64 Å². The lowest BCUT2D eigenvalue weighted by atomic mass is 10.2. The van der Waals surface area contributed by atoms with E-state index in [1.54, 1.807) is 30.9 Å². The largest absolute Gasteiger partial charge is 0.494 e. The highest BCUT2D eigenvalue weighted by atomic mass is 35.5. The average Bonchev–Trinajstić information content (AvgIpc) is 3.25. The highest BCUT2D eigenvalue weighted by Gasteiger charge is 2.24. The number of amides is 1. The van der Waals surface area contributed by atoms with Gasteiger partial charge in [0.2, 0.25) is 10.0 Å². The molecule has 11 heteroatoms. The molecule has 0 bridgehead atoms. The molecule has 1 amide bonds. The van der Waals surface area contributed by atoms with E-state index in [0.717, 1.165) is 28.9 Å². The van der Waals surface area contributed by atoms with E-state index in [2.05, 4.69) is 4.90 Å². The van der Waals surface area contributed by atoms with Crippen molar-refractivity contribution in [3.63, 3.8) is 0 Å². The van der Waals surface area contributed by atoms with Gasteiger partial charge in [0, 0.05) is 25.2 Å². The standard InChI is InChI=1S/C25H34N4O4S2.ClH/c1-6-28(7-2)35(31,32)21-13-10-19(11-14-21)24(30)29(17-9-16-27(4)5)25-26-22-15-12-20(33-8-3)18-23(22)34-25;/h10-15,18H,6-9,16-17H2,1-5H3;1H. The molecule has 0 radical (unpaired) electrons. The first kappa shape index (κ1) is 30.0. The van der Waals surface area contributed by atoms with Crippen molar-refractivity contribution in [2.45, 2.75) is 32.1 Å². The lowest BCUT2D eigenvalue weighted by Crippen LogP contribution is -2.33. The van der Waals surface area contributed by atoms with E-state index in [9.17, 15) is 13.2 Å². The van der Waals surface area contributed by atoms with E-state index >= 15 is 0 Å². The van der Waals surface area contributed by atoms with Gasteiger partial charge in [-0.15, -0.1) is 12.4 Å². The van der Waals surface area contributed by atoms with E-state index in [-0.39, 0.29) is 23.2 Å². The van der Waals surface area contributed by atoms with E-state index < -0.39 is 10.0 Å². The van der Waals surface area contributed by atoms with E-state index in [4.69, 9.17) is 9.72 Å². The Bertz CT molecular complexity index is 1240. The summed E-state index contributed by atoms with van der Waals surface area (Å²) in [5.41, 5.74) is 1.22. The first-order valence-electron chi connectivity index (χ1n) is 11.8. The number of hydrogen-bond donors (Lipinski definition) is 0. The Morgan fingerprint density at radius 2 is 1.67 bits per heavy atom. The van der Waals surface area contributed by atoms with Crippen LogP contribution in [0, 0.1) is 0 Å². The van der Waals surface area contributed by atoms with Gasteiger partial charge in [-0.2, -0.15) is 4.31 Å². The van der Waals surface area contributed by atoms with Gasteiger partial charge in [0.05, 0.1) is 21.7 Å². The van der Waals surface area contributed by atoms with E-state index in [1.165, 1.54) is 27.8 Å². The number of hydrogen-bond acceptors (Lipinski definition) is 7. The van der Waals surface area contributed by atoms with Crippen molar-refractivity contribution in [3.8, 4) is 5.75 Å². The zero-order valence-corrected chi connectivity index (χ0v) is 23.9. The predicted octanol–water partition coefficient (Wildman–Crippen LogP) is 4.75. The molecule has 0 aliphatic carbocycles. The average molecular weight is 555 g/mol. The number of rotatable bonds is 12. The summed E-state index contributed by atoms with van der Waals surface area (Å²) in [6.45, 7) is 8.22.